The second-order valence-corrected chi connectivity index (χ2v) is 5.19. The lowest BCUT2D eigenvalue weighted by Gasteiger charge is -2.15. The maximum absolute atomic E-state index is 11.7. The molecule has 2 unspecified atom stereocenters. The SMILES string of the molecule is CCCC(CCN)CCC(=O)NCC(C)CCO. The smallest absolute Gasteiger partial charge is 0.220 e. The summed E-state index contributed by atoms with van der Waals surface area (Å²) in [5.41, 5.74) is 5.57. The van der Waals surface area contributed by atoms with Crippen molar-refractivity contribution in [3.63, 3.8) is 0 Å². The van der Waals surface area contributed by atoms with Crippen molar-refractivity contribution < 1.29 is 9.90 Å². The van der Waals surface area contributed by atoms with Crippen molar-refractivity contribution in [3.05, 3.63) is 0 Å². The summed E-state index contributed by atoms with van der Waals surface area (Å²) in [5, 5.41) is 11.7. The summed E-state index contributed by atoms with van der Waals surface area (Å²) in [4.78, 5) is 11.7. The molecule has 0 saturated heterocycles. The minimum Gasteiger partial charge on any atom is -0.396 e. The van der Waals surface area contributed by atoms with Crippen LogP contribution < -0.4 is 11.1 Å². The molecule has 0 spiro atoms. The number of hydrogen-bond acceptors (Lipinski definition) is 3. The molecule has 4 N–H and O–H groups in total. The fourth-order valence-electron chi connectivity index (χ4n) is 2.11. The third kappa shape index (κ3) is 9.42. The number of amides is 1. The van der Waals surface area contributed by atoms with Crippen molar-refractivity contribution >= 4 is 5.91 Å². The molecule has 0 rings (SSSR count). The third-order valence-electron chi connectivity index (χ3n) is 3.32. The lowest BCUT2D eigenvalue weighted by molar-refractivity contribution is -0.121. The van der Waals surface area contributed by atoms with Crippen molar-refractivity contribution in [2.24, 2.45) is 17.6 Å². The number of nitrogens with two attached hydrogens (primary N) is 1. The maximum Gasteiger partial charge on any atom is 0.220 e. The van der Waals surface area contributed by atoms with E-state index in [9.17, 15) is 4.79 Å². The van der Waals surface area contributed by atoms with Crippen LogP contribution in [0.25, 0.3) is 0 Å². The third-order valence-corrected chi connectivity index (χ3v) is 3.32. The zero-order chi connectivity index (χ0) is 13.8. The van der Waals surface area contributed by atoms with Crippen LogP contribution in [-0.2, 0) is 4.79 Å². The van der Waals surface area contributed by atoms with Gasteiger partial charge in [0.1, 0.15) is 0 Å². The number of aliphatic hydroxyl groups excluding tert-OH is 1. The second kappa shape index (κ2) is 11.5. The fraction of sp³-hybridized carbons (Fsp3) is 0.929. The van der Waals surface area contributed by atoms with Crippen LogP contribution in [0.2, 0.25) is 0 Å². The molecule has 0 aliphatic rings. The van der Waals surface area contributed by atoms with Gasteiger partial charge in [-0.1, -0.05) is 26.7 Å². The van der Waals surface area contributed by atoms with Gasteiger partial charge in [0.05, 0.1) is 0 Å². The Hall–Kier alpha value is -0.610. The largest absolute Gasteiger partial charge is 0.396 e. The van der Waals surface area contributed by atoms with E-state index in [2.05, 4.69) is 12.2 Å². The molecular formula is C14H30N2O2. The highest BCUT2D eigenvalue weighted by molar-refractivity contribution is 5.75. The summed E-state index contributed by atoms with van der Waals surface area (Å²) in [6.07, 6.45) is 5.60. The van der Waals surface area contributed by atoms with Crippen LogP contribution in [0.4, 0.5) is 0 Å². The van der Waals surface area contributed by atoms with E-state index >= 15 is 0 Å². The van der Waals surface area contributed by atoms with Crippen molar-refractivity contribution in [3.8, 4) is 0 Å². The molecule has 0 heterocycles. The summed E-state index contributed by atoms with van der Waals surface area (Å²) < 4.78 is 0. The highest BCUT2D eigenvalue weighted by Crippen LogP contribution is 2.16. The van der Waals surface area contributed by atoms with Crippen LogP contribution >= 0.6 is 0 Å². The van der Waals surface area contributed by atoms with E-state index in [-0.39, 0.29) is 12.5 Å². The zero-order valence-electron chi connectivity index (χ0n) is 12.0. The minimum absolute atomic E-state index is 0.123. The predicted molar refractivity (Wildman–Crippen MR) is 75.2 cm³/mol. The monoisotopic (exact) mass is 258 g/mol. The molecule has 18 heavy (non-hydrogen) atoms. The first-order chi connectivity index (χ1) is 8.63. The summed E-state index contributed by atoms with van der Waals surface area (Å²) in [7, 11) is 0. The highest BCUT2D eigenvalue weighted by atomic mass is 16.3. The molecular weight excluding hydrogens is 228 g/mol. The average Bonchev–Trinajstić information content (AvgIpc) is 2.34. The van der Waals surface area contributed by atoms with Crippen LogP contribution in [0.1, 0.15) is 52.4 Å². The molecule has 1 amide bonds. The standard InChI is InChI=1S/C14H30N2O2/c1-3-4-13(7-9-15)5-6-14(18)16-11-12(2)8-10-17/h12-13,17H,3-11,15H2,1-2H3,(H,16,18). The zero-order valence-corrected chi connectivity index (χ0v) is 12.0. The van der Waals surface area contributed by atoms with Gasteiger partial charge in [0.25, 0.3) is 0 Å². The van der Waals surface area contributed by atoms with Crippen LogP contribution in [0.5, 0.6) is 0 Å². The van der Waals surface area contributed by atoms with Gasteiger partial charge >= 0.3 is 0 Å². The molecule has 0 radical (unpaired) electrons. The van der Waals surface area contributed by atoms with Gasteiger partial charge in [-0.25, -0.2) is 0 Å². The molecule has 0 aromatic carbocycles. The van der Waals surface area contributed by atoms with Crippen molar-refractivity contribution in [1.82, 2.24) is 5.32 Å². The topological polar surface area (TPSA) is 75.4 Å². The van der Waals surface area contributed by atoms with Crippen LogP contribution in [-0.4, -0.2) is 30.7 Å². The van der Waals surface area contributed by atoms with Crippen molar-refractivity contribution in [2.45, 2.75) is 52.4 Å². The minimum atomic E-state index is 0.123. The van der Waals surface area contributed by atoms with Gasteiger partial charge in [-0.3, -0.25) is 4.79 Å². The van der Waals surface area contributed by atoms with E-state index < -0.39 is 0 Å². The molecule has 0 fully saturated rings. The van der Waals surface area contributed by atoms with E-state index in [0.29, 0.717) is 31.3 Å². The Kier molecular flexibility index (Phi) is 11.1. The summed E-state index contributed by atoms with van der Waals surface area (Å²) in [6, 6.07) is 0. The van der Waals surface area contributed by atoms with Crippen molar-refractivity contribution in [1.29, 1.82) is 0 Å². The van der Waals surface area contributed by atoms with Crippen LogP contribution in [0.3, 0.4) is 0 Å². The lowest BCUT2D eigenvalue weighted by Crippen LogP contribution is -2.29. The number of rotatable bonds is 11. The number of hydrogen-bond donors (Lipinski definition) is 3. The number of nitrogens with one attached hydrogen (secondary N) is 1. The first-order valence-electron chi connectivity index (χ1n) is 7.21. The van der Waals surface area contributed by atoms with Gasteiger partial charge in [0.2, 0.25) is 5.91 Å². The van der Waals surface area contributed by atoms with Crippen molar-refractivity contribution in [2.75, 3.05) is 19.7 Å². The molecule has 2 atom stereocenters. The number of carbonyl (C=O) groups is 1. The van der Waals surface area contributed by atoms with Crippen LogP contribution in [0, 0.1) is 11.8 Å². The Morgan fingerprint density at radius 1 is 1.28 bits per heavy atom. The fourth-order valence-corrected chi connectivity index (χ4v) is 2.11. The highest BCUT2D eigenvalue weighted by Gasteiger charge is 2.10. The van der Waals surface area contributed by atoms with Gasteiger partial charge in [0.15, 0.2) is 0 Å². The van der Waals surface area contributed by atoms with Gasteiger partial charge in [-0.05, 0) is 37.6 Å². The summed E-state index contributed by atoms with van der Waals surface area (Å²) in [6.45, 7) is 5.76. The Morgan fingerprint density at radius 3 is 2.56 bits per heavy atom. The Labute approximate surface area is 111 Å². The first kappa shape index (κ1) is 17.4. The van der Waals surface area contributed by atoms with Crippen LogP contribution in [0.15, 0.2) is 0 Å². The molecule has 0 saturated carbocycles. The maximum atomic E-state index is 11.7. The van der Waals surface area contributed by atoms with E-state index in [1.165, 1.54) is 0 Å². The Morgan fingerprint density at radius 2 is 2.00 bits per heavy atom. The molecule has 0 bridgehead atoms. The first-order valence-corrected chi connectivity index (χ1v) is 7.21. The quantitative estimate of drug-likeness (QED) is 0.527. The molecule has 0 aromatic heterocycles. The number of carbonyl (C=O) groups excluding carboxylic acids is 1. The average molecular weight is 258 g/mol. The van der Waals surface area contributed by atoms with E-state index in [0.717, 1.165) is 32.1 Å². The second-order valence-electron chi connectivity index (χ2n) is 5.19. The molecule has 0 aromatic rings. The normalized spacial score (nSPS) is 14.2. The molecule has 4 nitrogen and oxygen atoms in total. The summed E-state index contributed by atoms with van der Waals surface area (Å²) >= 11 is 0. The van der Waals surface area contributed by atoms with Gasteiger partial charge in [-0.2, -0.15) is 0 Å². The molecule has 108 valence electrons. The van der Waals surface area contributed by atoms with E-state index in [1.807, 2.05) is 6.92 Å². The Bertz CT molecular complexity index is 204. The molecule has 0 aliphatic carbocycles. The predicted octanol–water partition coefficient (Wildman–Crippen LogP) is 1.67. The lowest BCUT2D eigenvalue weighted by atomic mass is 9.94. The van der Waals surface area contributed by atoms with E-state index in [4.69, 9.17) is 10.8 Å². The van der Waals surface area contributed by atoms with Gasteiger partial charge in [0, 0.05) is 19.6 Å². The summed E-state index contributed by atoms with van der Waals surface area (Å²) in [5.74, 6) is 1.05. The van der Waals surface area contributed by atoms with E-state index in [1.54, 1.807) is 0 Å². The molecule has 4 heteroatoms. The molecule has 0 aliphatic heterocycles. The number of aliphatic hydroxyl groups is 1. The van der Waals surface area contributed by atoms with Gasteiger partial charge < -0.3 is 16.2 Å². The van der Waals surface area contributed by atoms with Gasteiger partial charge in [-0.15, -0.1) is 0 Å². The Balaban J connectivity index is 3.72.